The lowest BCUT2D eigenvalue weighted by Crippen LogP contribution is -2.42. The smallest absolute Gasteiger partial charge is 0.225 e. The number of likely N-dealkylation sites (tertiary alicyclic amines) is 1. The molecular formula is C18H23FN4O. The lowest BCUT2D eigenvalue weighted by atomic mass is 9.94. The van der Waals surface area contributed by atoms with Crippen LogP contribution in [0.15, 0.2) is 30.6 Å². The van der Waals surface area contributed by atoms with Gasteiger partial charge in [-0.3, -0.25) is 4.79 Å². The highest BCUT2D eigenvalue weighted by atomic mass is 19.1. The van der Waals surface area contributed by atoms with Crippen molar-refractivity contribution in [3.63, 3.8) is 0 Å². The number of amides is 1. The van der Waals surface area contributed by atoms with Gasteiger partial charge in [-0.25, -0.2) is 4.39 Å². The molecule has 1 amide bonds. The molecule has 0 bridgehead atoms. The van der Waals surface area contributed by atoms with Gasteiger partial charge >= 0.3 is 0 Å². The minimum Gasteiger partial charge on any atom is -0.342 e. The van der Waals surface area contributed by atoms with Crippen molar-refractivity contribution in [2.24, 2.45) is 13.0 Å². The summed E-state index contributed by atoms with van der Waals surface area (Å²) >= 11 is 0. The van der Waals surface area contributed by atoms with Crippen LogP contribution in [0.3, 0.4) is 0 Å². The molecule has 1 aromatic heterocycles. The summed E-state index contributed by atoms with van der Waals surface area (Å²) in [6, 6.07) is 6.48. The minimum atomic E-state index is -0.257. The van der Waals surface area contributed by atoms with E-state index in [0.29, 0.717) is 13.0 Å². The fourth-order valence-electron chi connectivity index (χ4n) is 3.47. The van der Waals surface area contributed by atoms with Crippen molar-refractivity contribution in [1.82, 2.24) is 19.7 Å². The Bertz CT molecular complexity index is 715. The summed E-state index contributed by atoms with van der Waals surface area (Å²) in [6.45, 7) is 3.37. The van der Waals surface area contributed by atoms with Crippen molar-refractivity contribution in [2.75, 3.05) is 13.1 Å². The molecule has 2 unspecified atom stereocenters. The topological polar surface area (TPSA) is 51.0 Å². The van der Waals surface area contributed by atoms with Crippen molar-refractivity contribution < 1.29 is 9.18 Å². The summed E-state index contributed by atoms with van der Waals surface area (Å²) in [5.41, 5.74) is 0.859. The molecule has 2 atom stereocenters. The molecule has 2 aromatic rings. The summed E-state index contributed by atoms with van der Waals surface area (Å²) in [5, 5.41) is 8.13. The molecule has 2 heterocycles. The van der Waals surface area contributed by atoms with Crippen LogP contribution in [0.25, 0.3) is 0 Å². The average molecular weight is 330 g/mol. The lowest BCUT2D eigenvalue weighted by Gasteiger charge is -2.34. The van der Waals surface area contributed by atoms with Crippen molar-refractivity contribution in [3.8, 4) is 0 Å². The van der Waals surface area contributed by atoms with E-state index in [9.17, 15) is 9.18 Å². The van der Waals surface area contributed by atoms with Crippen molar-refractivity contribution in [1.29, 1.82) is 0 Å². The van der Waals surface area contributed by atoms with Gasteiger partial charge in [-0.15, -0.1) is 10.2 Å². The van der Waals surface area contributed by atoms with E-state index >= 15 is 0 Å². The number of rotatable bonds is 4. The number of benzene rings is 1. The molecule has 1 fully saturated rings. The molecule has 1 aliphatic rings. The molecule has 0 aliphatic carbocycles. The van der Waals surface area contributed by atoms with Gasteiger partial charge in [0.15, 0.2) is 0 Å². The summed E-state index contributed by atoms with van der Waals surface area (Å²) in [7, 11) is 1.93. The van der Waals surface area contributed by atoms with Crippen molar-refractivity contribution in [2.45, 2.75) is 32.1 Å². The standard InChI is InChI=1S/C18H23FN4O/c1-13(9-14-5-3-7-16(19)10-14)18(24)23-8-4-6-15(11-23)17-21-20-12-22(17)2/h3,5,7,10,12-13,15H,4,6,8-9,11H2,1-2H3. The van der Waals surface area contributed by atoms with E-state index in [0.717, 1.165) is 30.8 Å². The summed E-state index contributed by atoms with van der Waals surface area (Å²) < 4.78 is 15.2. The Kier molecular flexibility index (Phi) is 4.92. The fourth-order valence-corrected chi connectivity index (χ4v) is 3.47. The number of nitrogens with zero attached hydrogens (tertiary/aromatic N) is 4. The molecule has 24 heavy (non-hydrogen) atoms. The number of hydrogen-bond donors (Lipinski definition) is 0. The number of aromatic nitrogens is 3. The van der Waals surface area contributed by atoms with E-state index in [1.54, 1.807) is 12.4 Å². The van der Waals surface area contributed by atoms with Crippen LogP contribution in [0.4, 0.5) is 4.39 Å². The molecule has 0 saturated carbocycles. The molecular weight excluding hydrogens is 307 g/mol. The zero-order valence-corrected chi connectivity index (χ0v) is 14.2. The third kappa shape index (κ3) is 3.63. The third-order valence-electron chi connectivity index (χ3n) is 4.70. The number of carbonyl (C=O) groups excluding carboxylic acids is 1. The van der Waals surface area contributed by atoms with E-state index in [2.05, 4.69) is 10.2 Å². The van der Waals surface area contributed by atoms with E-state index in [4.69, 9.17) is 0 Å². The highest BCUT2D eigenvalue weighted by Gasteiger charge is 2.29. The van der Waals surface area contributed by atoms with E-state index in [-0.39, 0.29) is 23.6 Å². The van der Waals surface area contributed by atoms with Crippen molar-refractivity contribution >= 4 is 5.91 Å². The zero-order valence-electron chi connectivity index (χ0n) is 14.2. The molecule has 0 N–H and O–H groups in total. The van der Waals surface area contributed by atoms with E-state index in [1.165, 1.54) is 12.1 Å². The molecule has 1 aromatic carbocycles. The van der Waals surface area contributed by atoms with Gasteiger partial charge in [0.1, 0.15) is 18.0 Å². The lowest BCUT2D eigenvalue weighted by molar-refractivity contribution is -0.136. The zero-order chi connectivity index (χ0) is 17.1. The van der Waals surface area contributed by atoms with Crippen LogP contribution in [0.2, 0.25) is 0 Å². The molecule has 1 saturated heterocycles. The maximum Gasteiger partial charge on any atom is 0.225 e. The summed E-state index contributed by atoms with van der Waals surface area (Å²) in [6.07, 6.45) is 4.24. The first-order chi connectivity index (χ1) is 11.5. The Morgan fingerprint density at radius 1 is 1.46 bits per heavy atom. The second-order valence-corrected chi connectivity index (χ2v) is 6.66. The Hall–Kier alpha value is -2.24. The van der Waals surface area contributed by atoms with Crippen LogP contribution < -0.4 is 0 Å². The van der Waals surface area contributed by atoms with Crippen LogP contribution in [-0.4, -0.2) is 38.7 Å². The average Bonchev–Trinajstić information content (AvgIpc) is 3.00. The Morgan fingerprint density at radius 3 is 3.00 bits per heavy atom. The Morgan fingerprint density at radius 2 is 2.29 bits per heavy atom. The van der Waals surface area contributed by atoms with Crippen molar-refractivity contribution in [3.05, 3.63) is 47.8 Å². The monoisotopic (exact) mass is 330 g/mol. The van der Waals surface area contributed by atoms with Crippen LogP contribution in [0.5, 0.6) is 0 Å². The first kappa shape index (κ1) is 16.6. The SMILES string of the molecule is CC(Cc1cccc(F)c1)C(=O)N1CCCC(c2nncn2C)C1. The molecule has 1 aliphatic heterocycles. The van der Waals surface area contributed by atoms with Gasteiger partial charge in [0.05, 0.1) is 0 Å². The molecule has 6 heteroatoms. The molecule has 128 valence electrons. The van der Waals surface area contributed by atoms with Crippen LogP contribution in [-0.2, 0) is 18.3 Å². The molecule has 0 radical (unpaired) electrons. The first-order valence-corrected chi connectivity index (χ1v) is 8.41. The van der Waals surface area contributed by atoms with Gasteiger partial charge in [0.25, 0.3) is 0 Å². The van der Waals surface area contributed by atoms with E-state index < -0.39 is 0 Å². The Labute approximate surface area is 141 Å². The maximum atomic E-state index is 13.3. The number of aryl methyl sites for hydroxylation is 1. The molecule has 5 nitrogen and oxygen atoms in total. The minimum absolute atomic E-state index is 0.131. The van der Waals surface area contributed by atoms with Gasteiger partial charge in [0, 0.05) is 32.0 Å². The molecule has 0 spiro atoms. The largest absolute Gasteiger partial charge is 0.342 e. The van der Waals surface area contributed by atoms with Gasteiger partial charge in [0.2, 0.25) is 5.91 Å². The fraction of sp³-hybridized carbons (Fsp3) is 0.500. The van der Waals surface area contributed by atoms with Gasteiger partial charge < -0.3 is 9.47 Å². The number of piperidine rings is 1. The van der Waals surface area contributed by atoms with Gasteiger partial charge in [-0.05, 0) is 37.0 Å². The number of carbonyl (C=O) groups is 1. The van der Waals surface area contributed by atoms with Gasteiger partial charge in [-0.2, -0.15) is 0 Å². The predicted molar refractivity (Wildman–Crippen MR) is 88.8 cm³/mol. The van der Waals surface area contributed by atoms with Gasteiger partial charge in [-0.1, -0.05) is 19.1 Å². The first-order valence-electron chi connectivity index (χ1n) is 8.41. The quantitative estimate of drug-likeness (QED) is 0.866. The second-order valence-electron chi connectivity index (χ2n) is 6.66. The maximum absolute atomic E-state index is 13.3. The highest BCUT2D eigenvalue weighted by molar-refractivity contribution is 5.79. The summed E-state index contributed by atoms with van der Waals surface area (Å²) in [5.74, 6) is 0.880. The Balaban J connectivity index is 1.64. The normalized spacial score (nSPS) is 19.3. The van der Waals surface area contributed by atoms with Crippen LogP contribution in [0, 0.1) is 11.7 Å². The second kappa shape index (κ2) is 7.11. The molecule has 3 rings (SSSR count). The third-order valence-corrected chi connectivity index (χ3v) is 4.70. The van der Waals surface area contributed by atoms with Crippen LogP contribution >= 0.6 is 0 Å². The summed E-state index contributed by atoms with van der Waals surface area (Å²) in [4.78, 5) is 14.7. The predicted octanol–water partition coefficient (Wildman–Crippen LogP) is 2.54. The van der Waals surface area contributed by atoms with Crippen LogP contribution in [0.1, 0.15) is 37.1 Å². The number of hydrogen-bond acceptors (Lipinski definition) is 3. The highest BCUT2D eigenvalue weighted by Crippen LogP contribution is 2.26. The number of halogens is 1. The van der Waals surface area contributed by atoms with E-state index in [1.807, 2.05) is 29.5 Å².